The zero-order valence-electron chi connectivity index (χ0n) is 34.6. The molecule has 0 bridgehead atoms. The summed E-state index contributed by atoms with van der Waals surface area (Å²) in [6.45, 7) is 0. The van der Waals surface area contributed by atoms with Gasteiger partial charge in [-0.15, -0.1) is 0 Å². The van der Waals surface area contributed by atoms with Gasteiger partial charge in [0, 0.05) is 27.3 Å². The van der Waals surface area contributed by atoms with E-state index in [9.17, 15) is 0 Å². The van der Waals surface area contributed by atoms with Crippen molar-refractivity contribution in [2.24, 2.45) is 0 Å². The molecule has 3 heterocycles. The third kappa shape index (κ3) is 5.56. The molecule has 0 fully saturated rings. The zero-order chi connectivity index (χ0) is 42.1. The third-order valence-corrected chi connectivity index (χ3v) is 13.0. The fourth-order valence-electron chi connectivity index (χ4n) is 10.3. The fraction of sp³-hybridized carbons (Fsp3) is 0. The van der Waals surface area contributed by atoms with E-state index in [0.717, 1.165) is 60.9 Å². The maximum Gasteiger partial charge on any atom is 0.143 e. The minimum Gasteiger partial charge on any atom is -0.455 e. The molecule has 0 saturated heterocycles. The first-order valence-corrected chi connectivity index (χ1v) is 21.7. The number of furan rings is 1. The molecule has 0 aliphatic carbocycles. The van der Waals surface area contributed by atoms with Crippen LogP contribution in [0.15, 0.2) is 229 Å². The van der Waals surface area contributed by atoms with Gasteiger partial charge in [-0.2, -0.15) is 0 Å². The smallest absolute Gasteiger partial charge is 0.143 e. The number of fused-ring (bicyclic) bond motifs is 7. The molecule has 0 aliphatic rings. The number of benzene rings is 10. The van der Waals surface area contributed by atoms with E-state index in [0.29, 0.717) is 0 Å². The molecule has 64 heavy (non-hydrogen) atoms. The first kappa shape index (κ1) is 36.1. The summed E-state index contributed by atoms with van der Waals surface area (Å²) in [6, 6.07) is 74.6. The number of nitrogens with zero attached hydrogens (tertiary/aromatic N) is 3. The highest BCUT2D eigenvalue weighted by Gasteiger charge is 2.24. The van der Waals surface area contributed by atoms with Crippen molar-refractivity contribution in [3.63, 3.8) is 0 Å². The average Bonchev–Trinajstić information content (AvgIpc) is 3.92. The number of rotatable bonds is 6. The van der Waals surface area contributed by atoms with E-state index in [1.165, 1.54) is 65.7 Å². The fourth-order valence-corrected chi connectivity index (χ4v) is 10.3. The van der Waals surface area contributed by atoms with Crippen molar-refractivity contribution >= 4 is 65.1 Å². The maximum atomic E-state index is 6.95. The van der Waals surface area contributed by atoms with E-state index in [-0.39, 0.29) is 0 Å². The second-order valence-electron chi connectivity index (χ2n) is 16.5. The summed E-state index contributed by atoms with van der Waals surface area (Å²) in [4.78, 5) is 8.78. The molecule has 298 valence electrons. The van der Waals surface area contributed by atoms with Crippen molar-refractivity contribution in [1.29, 1.82) is 0 Å². The molecule has 0 atom stereocenters. The molecular weight excluding hydrogens is 779 g/mol. The maximum absolute atomic E-state index is 6.95. The zero-order valence-corrected chi connectivity index (χ0v) is 34.6. The van der Waals surface area contributed by atoms with Crippen LogP contribution in [-0.2, 0) is 0 Å². The molecule has 0 unspecified atom stereocenters. The summed E-state index contributed by atoms with van der Waals surface area (Å²) in [5, 5.41) is 10.7. The van der Waals surface area contributed by atoms with Crippen LogP contribution in [0, 0.1) is 0 Å². The second-order valence-corrected chi connectivity index (χ2v) is 16.5. The van der Waals surface area contributed by atoms with Gasteiger partial charge in [0.05, 0.1) is 29.1 Å². The van der Waals surface area contributed by atoms with Gasteiger partial charge in [-0.3, -0.25) is 0 Å². The molecule has 4 heteroatoms. The van der Waals surface area contributed by atoms with Crippen LogP contribution < -0.4 is 0 Å². The Kier molecular flexibility index (Phi) is 8.18. The molecule has 0 amide bonds. The Morgan fingerprint density at radius 3 is 1.56 bits per heavy atom. The Hall–Kier alpha value is -8.60. The summed E-state index contributed by atoms with van der Waals surface area (Å²) in [6.07, 6.45) is 5.32. The quantitative estimate of drug-likeness (QED) is 0.157. The molecule has 13 aromatic rings. The van der Waals surface area contributed by atoms with Gasteiger partial charge in [-0.1, -0.05) is 182 Å². The van der Waals surface area contributed by atoms with Crippen LogP contribution in [0.4, 0.5) is 0 Å². The molecule has 0 saturated carbocycles. The van der Waals surface area contributed by atoms with Crippen LogP contribution in [0.3, 0.4) is 0 Å². The van der Waals surface area contributed by atoms with E-state index in [1.807, 2.05) is 12.4 Å². The number of aromatic nitrogens is 3. The average molecular weight is 816 g/mol. The lowest BCUT2D eigenvalue weighted by Crippen LogP contribution is -1.95. The van der Waals surface area contributed by atoms with Crippen molar-refractivity contribution in [3.8, 4) is 61.5 Å². The van der Waals surface area contributed by atoms with Crippen molar-refractivity contribution in [2.45, 2.75) is 0 Å². The molecule has 0 aliphatic heterocycles. The molecule has 3 aromatic heterocycles. The van der Waals surface area contributed by atoms with Crippen LogP contribution >= 0.6 is 0 Å². The first-order valence-electron chi connectivity index (χ1n) is 21.7. The van der Waals surface area contributed by atoms with E-state index in [1.54, 1.807) is 6.33 Å². The molecular formula is C60H37N3O. The highest BCUT2D eigenvalue weighted by molar-refractivity contribution is 6.25. The topological polar surface area (TPSA) is 43.9 Å². The predicted molar refractivity (Wildman–Crippen MR) is 266 cm³/mol. The summed E-state index contributed by atoms with van der Waals surface area (Å²) < 4.78 is 9.20. The van der Waals surface area contributed by atoms with Crippen LogP contribution in [0.25, 0.3) is 127 Å². The van der Waals surface area contributed by atoms with Crippen molar-refractivity contribution < 1.29 is 4.42 Å². The van der Waals surface area contributed by atoms with Gasteiger partial charge in [-0.25, -0.2) is 9.97 Å². The first-order chi connectivity index (χ1) is 31.8. The predicted octanol–water partition coefficient (Wildman–Crippen LogP) is 16.1. The van der Waals surface area contributed by atoms with Crippen LogP contribution in [0.1, 0.15) is 0 Å². The minimum atomic E-state index is 0.833. The van der Waals surface area contributed by atoms with E-state index in [2.05, 4.69) is 221 Å². The lowest BCUT2D eigenvalue weighted by molar-refractivity contribution is 0.632. The number of hydrogen-bond acceptors (Lipinski definition) is 3. The Bertz CT molecular complexity index is 3900. The molecule has 4 nitrogen and oxygen atoms in total. The molecule has 0 N–H and O–H groups in total. The SMILES string of the molecule is c1ccc(-c2cccc(-c3c4ccccc4c(-c4ccc(-c5c(-c6ccc7c8ccccc8n(-c8cncnc8)c7c6)oc6ccccc56)c5ccccc45)c4ccccc34)c2)cc1. The standard InChI is InChI=1S/C60H37N3O/c1-2-15-38(16-3-1)39-17-14-18-40(33-39)57-47-22-6-8-24-49(47)58(50-25-9-7-23-48(50)57)51-31-32-52(44-20-5-4-19-43(44)51)59-53-26-11-13-28-56(53)64-60(59)41-29-30-46-45-21-10-12-27-54(45)63(55(46)34-41)42-35-61-37-62-36-42/h1-37H. The van der Waals surface area contributed by atoms with Gasteiger partial charge >= 0.3 is 0 Å². The van der Waals surface area contributed by atoms with E-state index >= 15 is 0 Å². The third-order valence-electron chi connectivity index (χ3n) is 13.0. The van der Waals surface area contributed by atoms with Gasteiger partial charge in [0.25, 0.3) is 0 Å². The Balaban J connectivity index is 1.04. The summed E-state index contributed by atoms with van der Waals surface area (Å²) in [5.41, 5.74) is 14.4. The minimum absolute atomic E-state index is 0.833. The molecule has 10 aromatic carbocycles. The Morgan fingerprint density at radius 2 is 0.859 bits per heavy atom. The van der Waals surface area contributed by atoms with Crippen LogP contribution in [0.2, 0.25) is 0 Å². The highest BCUT2D eigenvalue weighted by atomic mass is 16.3. The second kappa shape index (κ2) is 14.5. The summed E-state index contributed by atoms with van der Waals surface area (Å²) in [7, 11) is 0. The van der Waals surface area contributed by atoms with Crippen molar-refractivity contribution in [1.82, 2.24) is 14.5 Å². The molecule has 0 spiro atoms. The number of hydrogen-bond donors (Lipinski definition) is 0. The lowest BCUT2D eigenvalue weighted by Gasteiger charge is -2.20. The van der Waals surface area contributed by atoms with Gasteiger partial charge < -0.3 is 8.98 Å². The normalized spacial score (nSPS) is 11.8. The van der Waals surface area contributed by atoms with Crippen LogP contribution in [0.5, 0.6) is 0 Å². The summed E-state index contributed by atoms with van der Waals surface area (Å²) in [5.74, 6) is 0.833. The largest absolute Gasteiger partial charge is 0.455 e. The monoisotopic (exact) mass is 815 g/mol. The van der Waals surface area contributed by atoms with Gasteiger partial charge in [0.1, 0.15) is 17.7 Å². The van der Waals surface area contributed by atoms with E-state index in [4.69, 9.17) is 4.42 Å². The summed E-state index contributed by atoms with van der Waals surface area (Å²) >= 11 is 0. The van der Waals surface area contributed by atoms with E-state index < -0.39 is 0 Å². The molecule has 0 radical (unpaired) electrons. The Morgan fingerprint density at radius 1 is 0.328 bits per heavy atom. The van der Waals surface area contributed by atoms with Gasteiger partial charge in [0.15, 0.2) is 0 Å². The van der Waals surface area contributed by atoms with Gasteiger partial charge in [0.2, 0.25) is 0 Å². The highest BCUT2D eigenvalue weighted by Crippen LogP contribution is 2.49. The van der Waals surface area contributed by atoms with Gasteiger partial charge in [-0.05, 0) is 95.5 Å². The van der Waals surface area contributed by atoms with Crippen LogP contribution in [-0.4, -0.2) is 14.5 Å². The number of para-hydroxylation sites is 2. The Labute approximate surface area is 369 Å². The lowest BCUT2D eigenvalue weighted by atomic mass is 9.83. The van der Waals surface area contributed by atoms with Crippen molar-refractivity contribution in [3.05, 3.63) is 225 Å². The van der Waals surface area contributed by atoms with Crippen molar-refractivity contribution in [2.75, 3.05) is 0 Å². The molecule has 13 rings (SSSR count).